The van der Waals surface area contributed by atoms with E-state index in [1.807, 2.05) is 24.4 Å². The van der Waals surface area contributed by atoms with E-state index in [0.717, 1.165) is 17.9 Å². The lowest BCUT2D eigenvalue weighted by Crippen LogP contribution is -2.09. The molecule has 1 heterocycles. The van der Waals surface area contributed by atoms with Crippen LogP contribution in [0.4, 0.5) is 11.4 Å². The molecule has 1 aromatic heterocycles. The summed E-state index contributed by atoms with van der Waals surface area (Å²) in [6, 6.07) is 12.4. The van der Waals surface area contributed by atoms with Crippen LogP contribution in [0.25, 0.3) is 0 Å². The smallest absolute Gasteiger partial charge is 0.0594 e. The zero-order valence-electron chi connectivity index (χ0n) is 11.1. The molecule has 3 heteroatoms. The van der Waals surface area contributed by atoms with Gasteiger partial charge in [-0.2, -0.15) is 0 Å². The molecule has 1 aromatic carbocycles. The summed E-state index contributed by atoms with van der Waals surface area (Å²) >= 11 is 0. The summed E-state index contributed by atoms with van der Waals surface area (Å²) in [6.07, 6.45) is 1.82. The van der Waals surface area contributed by atoms with Gasteiger partial charge in [0.05, 0.1) is 12.2 Å². The van der Waals surface area contributed by atoms with E-state index in [4.69, 9.17) is 0 Å². The maximum Gasteiger partial charge on any atom is 0.0594 e. The van der Waals surface area contributed by atoms with Crippen molar-refractivity contribution in [2.24, 2.45) is 0 Å². The number of pyridine rings is 1. The summed E-state index contributed by atoms with van der Waals surface area (Å²) < 4.78 is 0. The maximum atomic E-state index is 4.30. The molecule has 0 aliphatic carbocycles. The Kier molecular flexibility index (Phi) is 3.82. The molecular formula is C15H19N3. The van der Waals surface area contributed by atoms with Crippen LogP contribution in [0, 0.1) is 6.92 Å². The van der Waals surface area contributed by atoms with Crippen LogP contribution in [0.2, 0.25) is 0 Å². The molecule has 0 fully saturated rings. The summed E-state index contributed by atoms with van der Waals surface area (Å²) in [7, 11) is 4.10. The SMILES string of the molecule is Cc1cc(N(C)C)ccc1NCc1ccccn1. The highest BCUT2D eigenvalue weighted by Crippen LogP contribution is 2.21. The minimum atomic E-state index is 0.753. The van der Waals surface area contributed by atoms with Crippen LogP contribution in [0.5, 0.6) is 0 Å². The van der Waals surface area contributed by atoms with Gasteiger partial charge in [0.2, 0.25) is 0 Å². The molecule has 0 bridgehead atoms. The first kappa shape index (κ1) is 12.4. The lowest BCUT2D eigenvalue weighted by molar-refractivity contribution is 1.04. The van der Waals surface area contributed by atoms with Gasteiger partial charge in [0.25, 0.3) is 0 Å². The molecule has 3 nitrogen and oxygen atoms in total. The van der Waals surface area contributed by atoms with E-state index < -0.39 is 0 Å². The monoisotopic (exact) mass is 241 g/mol. The second kappa shape index (κ2) is 5.54. The third kappa shape index (κ3) is 3.00. The van der Waals surface area contributed by atoms with Crippen molar-refractivity contribution in [3.63, 3.8) is 0 Å². The van der Waals surface area contributed by atoms with Gasteiger partial charge in [-0.3, -0.25) is 4.98 Å². The molecule has 2 rings (SSSR count). The Morgan fingerprint density at radius 2 is 2.00 bits per heavy atom. The summed E-state index contributed by atoms with van der Waals surface area (Å²) in [5.74, 6) is 0. The Morgan fingerprint density at radius 3 is 2.61 bits per heavy atom. The van der Waals surface area contributed by atoms with Crippen LogP contribution in [0.1, 0.15) is 11.3 Å². The lowest BCUT2D eigenvalue weighted by Gasteiger charge is -2.15. The standard InChI is InChI=1S/C15H19N3/c1-12-10-14(18(2)3)7-8-15(12)17-11-13-6-4-5-9-16-13/h4-10,17H,11H2,1-3H3. The number of nitrogens with zero attached hydrogens (tertiary/aromatic N) is 2. The molecule has 0 aliphatic heterocycles. The Bertz CT molecular complexity index is 506. The highest BCUT2D eigenvalue weighted by atomic mass is 15.1. The first-order chi connectivity index (χ1) is 8.66. The number of aryl methyl sites for hydroxylation is 1. The number of hydrogen-bond donors (Lipinski definition) is 1. The molecular weight excluding hydrogens is 222 g/mol. The van der Waals surface area contributed by atoms with Crippen LogP contribution in [0.15, 0.2) is 42.6 Å². The first-order valence-corrected chi connectivity index (χ1v) is 6.08. The van der Waals surface area contributed by atoms with Crippen LogP contribution < -0.4 is 10.2 Å². The average molecular weight is 241 g/mol. The largest absolute Gasteiger partial charge is 0.379 e. The zero-order valence-corrected chi connectivity index (χ0v) is 11.1. The fraction of sp³-hybridized carbons (Fsp3) is 0.267. The molecule has 2 aromatic rings. The summed E-state index contributed by atoms with van der Waals surface area (Å²) in [4.78, 5) is 6.41. The van der Waals surface area contributed by atoms with Crippen molar-refractivity contribution in [3.8, 4) is 0 Å². The van der Waals surface area contributed by atoms with Crippen molar-refractivity contribution in [1.82, 2.24) is 4.98 Å². The van der Waals surface area contributed by atoms with Crippen molar-refractivity contribution in [2.45, 2.75) is 13.5 Å². The van der Waals surface area contributed by atoms with Crippen LogP contribution in [-0.4, -0.2) is 19.1 Å². The van der Waals surface area contributed by atoms with Crippen LogP contribution in [-0.2, 0) is 6.54 Å². The number of hydrogen-bond acceptors (Lipinski definition) is 3. The number of benzene rings is 1. The van der Waals surface area contributed by atoms with Gasteiger partial charge in [-0.25, -0.2) is 0 Å². The summed E-state index contributed by atoms with van der Waals surface area (Å²) in [6.45, 7) is 2.87. The van der Waals surface area contributed by atoms with Crippen molar-refractivity contribution in [2.75, 3.05) is 24.3 Å². The van der Waals surface area contributed by atoms with Crippen molar-refractivity contribution < 1.29 is 0 Å². The van der Waals surface area contributed by atoms with Crippen LogP contribution >= 0.6 is 0 Å². The highest BCUT2D eigenvalue weighted by Gasteiger charge is 2.01. The number of nitrogens with one attached hydrogen (secondary N) is 1. The van der Waals surface area contributed by atoms with Gasteiger partial charge in [0.1, 0.15) is 0 Å². The third-order valence-corrected chi connectivity index (χ3v) is 2.91. The third-order valence-electron chi connectivity index (χ3n) is 2.91. The molecule has 0 unspecified atom stereocenters. The van der Waals surface area contributed by atoms with Crippen molar-refractivity contribution in [1.29, 1.82) is 0 Å². The van der Waals surface area contributed by atoms with Crippen LogP contribution in [0.3, 0.4) is 0 Å². The minimum Gasteiger partial charge on any atom is -0.379 e. The van der Waals surface area contributed by atoms with Crippen molar-refractivity contribution >= 4 is 11.4 Å². The van der Waals surface area contributed by atoms with Gasteiger partial charge in [0, 0.05) is 31.7 Å². The number of aromatic nitrogens is 1. The Morgan fingerprint density at radius 1 is 1.17 bits per heavy atom. The highest BCUT2D eigenvalue weighted by molar-refractivity contribution is 5.59. The van der Waals surface area contributed by atoms with E-state index in [1.165, 1.54) is 11.3 Å². The van der Waals surface area contributed by atoms with Gasteiger partial charge in [-0.15, -0.1) is 0 Å². The molecule has 0 saturated heterocycles. The van der Waals surface area contributed by atoms with Gasteiger partial charge in [-0.05, 0) is 42.8 Å². The van der Waals surface area contributed by atoms with E-state index in [2.05, 4.69) is 54.4 Å². The van der Waals surface area contributed by atoms with Gasteiger partial charge < -0.3 is 10.2 Å². The minimum absolute atomic E-state index is 0.753. The molecule has 0 atom stereocenters. The summed E-state index contributed by atoms with van der Waals surface area (Å²) in [5, 5.41) is 3.41. The molecule has 0 radical (unpaired) electrons. The lowest BCUT2D eigenvalue weighted by atomic mass is 10.1. The Balaban J connectivity index is 2.06. The topological polar surface area (TPSA) is 28.2 Å². The predicted octanol–water partition coefficient (Wildman–Crippen LogP) is 3.07. The van der Waals surface area contributed by atoms with Crippen molar-refractivity contribution in [3.05, 3.63) is 53.9 Å². The van der Waals surface area contributed by atoms with E-state index in [0.29, 0.717) is 0 Å². The van der Waals surface area contributed by atoms with E-state index in [9.17, 15) is 0 Å². The maximum absolute atomic E-state index is 4.30. The fourth-order valence-corrected chi connectivity index (χ4v) is 1.81. The summed E-state index contributed by atoms with van der Waals surface area (Å²) in [5.41, 5.74) is 4.67. The van der Waals surface area contributed by atoms with Gasteiger partial charge in [-0.1, -0.05) is 6.07 Å². The Hall–Kier alpha value is -2.03. The zero-order chi connectivity index (χ0) is 13.0. The first-order valence-electron chi connectivity index (χ1n) is 6.08. The molecule has 0 saturated carbocycles. The predicted molar refractivity (Wildman–Crippen MR) is 77.1 cm³/mol. The van der Waals surface area contributed by atoms with Gasteiger partial charge >= 0.3 is 0 Å². The number of rotatable bonds is 4. The molecule has 1 N–H and O–H groups in total. The Labute approximate surface area is 108 Å². The fourth-order valence-electron chi connectivity index (χ4n) is 1.81. The second-order valence-electron chi connectivity index (χ2n) is 4.57. The molecule has 0 aliphatic rings. The van der Waals surface area contributed by atoms with E-state index in [-0.39, 0.29) is 0 Å². The number of anilines is 2. The van der Waals surface area contributed by atoms with E-state index in [1.54, 1.807) is 0 Å². The average Bonchev–Trinajstić information content (AvgIpc) is 2.38. The molecule has 0 amide bonds. The van der Waals surface area contributed by atoms with E-state index >= 15 is 0 Å². The normalized spacial score (nSPS) is 10.2. The molecule has 18 heavy (non-hydrogen) atoms. The molecule has 0 spiro atoms. The van der Waals surface area contributed by atoms with Gasteiger partial charge in [0.15, 0.2) is 0 Å². The molecule has 94 valence electrons. The second-order valence-corrected chi connectivity index (χ2v) is 4.57. The quantitative estimate of drug-likeness (QED) is 0.891.